The molecule has 0 bridgehead atoms. The second-order valence-corrected chi connectivity index (χ2v) is 9.82. The molecule has 1 aliphatic rings. The zero-order chi connectivity index (χ0) is 22.8. The summed E-state index contributed by atoms with van der Waals surface area (Å²) in [4.78, 5) is 37.6. The number of carbonyl (C=O) groups excluding carboxylic acids is 3. The zero-order valence-electron chi connectivity index (χ0n) is 17.8. The van der Waals surface area contributed by atoms with Crippen molar-refractivity contribution in [2.45, 2.75) is 51.0 Å². The molecule has 0 unspecified atom stereocenters. The summed E-state index contributed by atoms with van der Waals surface area (Å²) in [5.41, 5.74) is 2.61. The van der Waals surface area contributed by atoms with Gasteiger partial charge in [0, 0.05) is 35.8 Å². The third-order valence-corrected chi connectivity index (χ3v) is 7.08. The fourth-order valence-corrected chi connectivity index (χ4v) is 5.00. The highest BCUT2D eigenvalue weighted by Crippen LogP contribution is 2.34. The summed E-state index contributed by atoms with van der Waals surface area (Å²) in [6.45, 7) is 5.20. The molecular formula is C23H26N2O5S. The Morgan fingerprint density at radius 2 is 1.77 bits per heavy atom. The second kappa shape index (κ2) is 9.01. The van der Waals surface area contributed by atoms with E-state index in [9.17, 15) is 22.8 Å². The van der Waals surface area contributed by atoms with E-state index in [0.29, 0.717) is 24.1 Å². The summed E-state index contributed by atoms with van der Waals surface area (Å²) in [7, 11) is -3.66. The molecule has 8 heteroatoms. The average molecular weight is 443 g/mol. The molecule has 31 heavy (non-hydrogen) atoms. The lowest BCUT2D eigenvalue weighted by molar-refractivity contribution is -0.118. The molecule has 164 valence electrons. The van der Waals surface area contributed by atoms with Crippen LogP contribution in [0, 0.1) is 0 Å². The first-order chi connectivity index (χ1) is 14.6. The van der Waals surface area contributed by atoms with Crippen molar-refractivity contribution in [3.05, 3.63) is 53.6 Å². The van der Waals surface area contributed by atoms with Crippen LogP contribution in [0.15, 0.2) is 47.4 Å². The minimum absolute atomic E-state index is 0.00913. The van der Waals surface area contributed by atoms with Gasteiger partial charge in [-0.15, -0.1) is 0 Å². The number of fused-ring (bicyclic) bond motifs is 1. The van der Waals surface area contributed by atoms with Crippen molar-refractivity contribution in [1.82, 2.24) is 0 Å². The maximum atomic E-state index is 12.8. The fourth-order valence-electron chi connectivity index (χ4n) is 3.71. The van der Waals surface area contributed by atoms with Crippen LogP contribution in [0.4, 0.5) is 11.4 Å². The Morgan fingerprint density at radius 1 is 1.10 bits per heavy atom. The van der Waals surface area contributed by atoms with Gasteiger partial charge in [0.15, 0.2) is 15.6 Å². The van der Waals surface area contributed by atoms with E-state index in [1.807, 2.05) is 6.92 Å². The molecule has 1 aliphatic heterocycles. The van der Waals surface area contributed by atoms with E-state index >= 15 is 0 Å². The minimum atomic E-state index is -3.66. The molecule has 1 atom stereocenters. The van der Waals surface area contributed by atoms with E-state index in [1.165, 1.54) is 13.0 Å². The van der Waals surface area contributed by atoms with Gasteiger partial charge in [-0.05, 0) is 68.3 Å². The molecule has 3 rings (SSSR count). The Labute approximate surface area is 182 Å². The normalized spacial score (nSPS) is 15.5. The highest BCUT2D eigenvalue weighted by Gasteiger charge is 2.31. The van der Waals surface area contributed by atoms with Gasteiger partial charge in [-0.2, -0.15) is 0 Å². The summed E-state index contributed by atoms with van der Waals surface area (Å²) in [5.74, 6) is -0.811. The van der Waals surface area contributed by atoms with Crippen molar-refractivity contribution in [2.75, 3.05) is 16.0 Å². The summed E-state index contributed by atoms with van der Waals surface area (Å²) in [6, 6.07) is 11.2. The average Bonchev–Trinajstić information content (AvgIpc) is 3.07. The number of rotatable bonds is 7. The van der Waals surface area contributed by atoms with Crippen LogP contribution in [0.3, 0.4) is 0 Å². The smallest absolute Gasteiger partial charge is 0.226 e. The molecule has 2 aromatic carbocycles. The number of nitrogens with zero attached hydrogens (tertiary/aromatic N) is 1. The lowest BCUT2D eigenvalue weighted by atomic mass is 10.1. The third-order valence-electron chi connectivity index (χ3n) is 5.37. The molecule has 0 radical (unpaired) electrons. The monoisotopic (exact) mass is 442 g/mol. The first-order valence-electron chi connectivity index (χ1n) is 10.2. The van der Waals surface area contributed by atoms with E-state index in [0.717, 1.165) is 11.3 Å². The van der Waals surface area contributed by atoms with Crippen LogP contribution in [-0.4, -0.2) is 37.8 Å². The van der Waals surface area contributed by atoms with Gasteiger partial charge in [0.1, 0.15) is 0 Å². The number of hydrogen-bond acceptors (Lipinski definition) is 5. The molecule has 1 heterocycles. The molecule has 2 aromatic rings. The number of sulfone groups is 1. The predicted octanol–water partition coefficient (Wildman–Crippen LogP) is 3.38. The molecule has 0 aromatic heterocycles. The number of Topliss-reactive ketones (excluding diaryl/α,β-unsaturated/α-hetero) is 1. The standard InChI is InChI=1S/C23H26N2O5S/c1-4-23(28)25-15(2)13-18-14-20(9-10-21(18)25)31(29,30)12-11-22(27)24-19-7-5-17(6-8-19)16(3)26/h5-10,14-15H,4,11-13H2,1-3H3,(H,24,27)/t15-/m0/s1. The molecule has 7 nitrogen and oxygen atoms in total. The van der Waals surface area contributed by atoms with Gasteiger partial charge in [-0.25, -0.2) is 8.42 Å². The minimum Gasteiger partial charge on any atom is -0.326 e. The molecule has 1 N–H and O–H groups in total. The largest absolute Gasteiger partial charge is 0.326 e. The van der Waals surface area contributed by atoms with Gasteiger partial charge in [0.25, 0.3) is 0 Å². The SMILES string of the molecule is CCC(=O)N1c2ccc(S(=O)(=O)CCC(=O)Nc3ccc(C(C)=O)cc3)cc2C[C@@H]1C. The number of benzene rings is 2. The van der Waals surface area contributed by atoms with E-state index in [4.69, 9.17) is 0 Å². The fraction of sp³-hybridized carbons (Fsp3) is 0.348. The molecule has 0 saturated carbocycles. The Kier molecular flexibility index (Phi) is 6.59. The van der Waals surface area contributed by atoms with Crippen LogP contribution in [-0.2, 0) is 25.8 Å². The maximum Gasteiger partial charge on any atom is 0.226 e. The van der Waals surface area contributed by atoms with Gasteiger partial charge in [0.2, 0.25) is 11.8 Å². The van der Waals surface area contributed by atoms with Crippen LogP contribution in [0.5, 0.6) is 0 Å². The van der Waals surface area contributed by atoms with Crippen molar-refractivity contribution >= 4 is 38.8 Å². The zero-order valence-corrected chi connectivity index (χ0v) is 18.7. The van der Waals surface area contributed by atoms with Crippen molar-refractivity contribution in [1.29, 1.82) is 0 Å². The summed E-state index contributed by atoms with van der Waals surface area (Å²) in [6.07, 6.45) is 0.794. The van der Waals surface area contributed by atoms with E-state index in [-0.39, 0.29) is 34.8 Å². The molecule has 0 saturated heterocycles. The van der Waals surface area contributed by atoms with Crippen molar-refractivity contribution < 1.29 is 22.8 Å². The second-order valence-electron chi connectivity index (χ2n) is 7.71. The van der Waals surface area contributed by atoms with Crippen molar-refractivity contribution in [2.24, 2.45) is 0 Å². The van der Waals surface area contributed by atoms with Gasteiger partial charge >= 0.3 is 0 Å². The summed E-state index contributed by atoms with van der Waals surface area (Å²) >= 11 is 0. The highest BCUT2D eigenvalue weighted by molar-refractivity contribution is 7.91. The predicted molar refractivity (Wildman–Crippen MR) is 119 cm³/mol. The lowest BCUT2D eigenvalue weighted by Crippen LogP contribution is -2.35. The molecule has 0 spiro atoms. The van der Waals surface area contributed by atoms with Gasteiger partial charge in [0.05, 0.1) is 10.6 Å². The Bertz CT molecular complexity index is 1120. The Balaban J connectivity index is 1.66. The van der Waals surface area contributed by atoms with Crippen LogP contribution < -0.4 is 10.2 Å². The van der Waals surface area contributed by atoms with Crippen LogP contribution >= 0.6 is 0 Å². The Morgan fingerprint density at radius 3 is 2.39 bits per heavy atom. The molecule has 2 amide bonds. The molecular weight excluding hydrogens is 416 g/mol. The number of nitrogens with one attached hydrogen (secondary N) is 1. The number of amides is 2. The molecule has 0 fully saturated rings. The van der Waals surface area contributed by atoms with Gasteiger partial charge in [-0.1, -0.05) is 6.92 Å². The lowest BCUT2D eigenvalue weighted by Gasteiger charge is -2.22. The first-order valence-corrected chi connectivity index (χ1v) is 11.9. The number of hydrogen-bond donors (Lipinski definition) is 1. The quantitative estimate of drug-likeness (QED) is 0.663. The summed E-state index contributed by atoms with van der Waals surface area (Å²) < 4.78 is 25.5. The highest BCUT2D eigenvalue weighted by atomic mass is 32.2. The topological polar surface area (TPSA) is 101 Å². The number of anilines is 2. The van der Waals surface area contributed by atoms with Gasteiger partial charge < -0.3 is 10.2 Å². The van der Waals surface area contributed by atoms with Crippen LogP contribution in [0.2, 0.25) is 0 Å². The summed E-state index contributed by atoms with van der Waals surface area (Å²) in [5, 5.41) is 2.65. The first kappa shape index (κ1) is 22.7. The Hall–Kier alpha value is -3.00. The van der Waals surface area contributed by atoms with Crippen LogP contribution in [0.25, 0.3) is 0 Å². The number of ketones is 1. The number of carbonyl (C=O) groups is 3. The van der Waals surface area contributed by atoms with E-state index in [2.05, 4.69) is 5.32 Å². The van der Waals surface area contributed by atoms with Crippen molar-refractivity contribution in [3.63, 3.8) is 0 Å². The maximum absolute atomic E-state index is 12.8. The molecule has 0 aliphatic carbocycles. The van der Waals surface area contributed by atoms with E-state index < -0.39 is 15.7 Å². The van der Waals surface area contributed by atoms with Crippen molar-refractivity contribution in [3.8, 4) is 0 Å². The van der Waals surface area contributed by atoms with E-state index in [1.54, 1.807) is 48.2 Å². The third kappa shape index (κ3) is 5.02. The van der Waals surface area contributed by atoms with Crippen LogP contribution in [0.1, 0.15) is 49.5 Å². The van der Waals surface area contributed by atoms with Gasteiger partial charge in [-0.3, -0.25) is 14.4 Å².